The molecule has 0 aliphatic carbocycles. The topological polar surface area (TPSA) is 60.5 Å². The number of nitrogens with one attached hydrogen (secondary N) is 1. The predicted molar refractivity (Wildman–Crippen MR) is 80.0 cm³/mol. The second kappa shape index (κ2) is 6.95. The molecule has 1 N–H and O–H groups in total. The molecule has 0 saturated heterocycles. The van der Waals surface area contributed by atoms with Crippen molar-refractivity contribution in [2.24, 2.45) is 0 Å². The summed E-state index contributed by atoms with van der Waals surface area (Å²) in [6.07, 6.45) is 1.49. The highest BCUT2D eigenvalue weighted by molar-refractivity contribution is 6.30. The number of ether oxygens (including phenoxy) is 2. The number of nitrogens with zero attached hydrogens (tertiary/aromatic N) is 1. The Morgan fingerprint density at radius 1 is 1.24 bits per heavy atom. The molecular weight excluding hydrogens is 292 g/mol. The molecule has 0 fully saturated rings. The normalized spacial score (nSPS) is 10.0. The molecule has 21 heavy (non-hydrogen) atoms. The van der Waals surface area contributed by atoms with E-state index in [1.165, 1.54) is 12.3 Å². The molecule has 1 aromatic carbocycles. The van der Waals surface area contributed by atoms with E-state index in [1.807, 2.05) is 12.1 Å². The average Bonchev–Trinajstić information content (AvgIpc) is 2.52. The summed E-state index contributed by atoms with van der Waals surface area (Å²) in [5.41, 5.74) is 1.11. The fraction of sp³-hybridized carbons (Fsp3) is 0.200. The van der Waals surface area contributed by atoms with E-state index in [1.54, 1.807) is 26.4 Å². The Kier molecular flexibility index (Phi) is 5.00. The standard InChI is InChI=1S/C15H15ClN2O3/c1-20-12-4-3-10(14(8-12)21-2)9-18-15(19)13-7-11(16)5-6-17-13/h3-8H,9H2,1-2H3,(H,18,19). The van der Waals surface area contributed by atoms with Crippen molar-refractivity contribution in [1.29, 1.82) is 0 Å². The van der Waals surface area contributed by atoms with Crippen LogP contribution < -0.4 is 14.8 Å². The van der Waals surface area contributed by atoms with Crippen molar-refractivity contribution in [1.82, 2.24) is 10.3 Å². The van der Waals surface area contributed by atoms with Gasteiger partial charge in [0.25, 0.3) is 5.91 Å². The van der Waals surface area contributed by atoms with Gasteiger partial charge in [-0.25, -0.2) is 0 Å². The third kappa shape index (κ3) is 3.86. The van der Waals surface area contributed by atoms with E-state index in [0.29, 0.717) is 23.1 Å². The number of aromatic nitrogens is 1. The highest BCUT2D eigenvalue weighted by atomic mass is 35.5. The summed E-state index contributed by atoms with van der Waals surface area (Å²) in [5.74, 6) is 1.04. The number of pyridine rings is 1. The molecule has 0 atom stereocenters. The zero-order chi connectivity index (χ0) is 15.2. The molecule has 2 rings (SSSR count). The number of carbonyl (C=O) groups is 1. The zero-order valence-electron chi connectivity index (χ0n) is 11.7. The lowest BCUT2D eigenvalue weighted by Crippen LogP contribution is -2.24. The quantitative estimate of drug-likeness (QED) is 0.922. The van der Waals surface area contributed by atoms with Crippen molar-refractivity contribution in [2.75, 3.05) is 14.2 Å². The number of amides is 1. The first kappa shape index (κ1) is 15.1. The number of rotatable bonds is 5. The van der Waals surface area contributed by atoms with E-state index >= 15 is 0 Å². The van der Waals surface area contributed by atoms with Gasteiger partial charge in [-0.2, -0.15) is 0 Å². The van der Waals surface area contributed by atoms with Gasteiger partial charge in [0.2, 0.25) is 0 Å². The van der Waals surface area contributed by atoms with Gasteiger partial charge in [0.05, 0.1) is 14.2 Å². The molecule has 1 aromatic heterocycles. The second-order valence-corrected chi connectivity index (χ2v) is 4.66. The van der Waals surface area contributed by atoms with Gasteiger partial charge in [0.15, 0.2) is 0 Å². The fourth-order valence-electron chi connectivity index (χ4n) is 1.79. The van der Waals surface area contributed by atoms with Crippen LogP contribution in [0, 0.1) is 0 Å². The molecule has 2 aromatic rings. The molecule has 0 bridgehead atoms. The molecule has 0 aliphatic heterocycles. The lowest BCUT2D eigenvalue weighted by atomic mass is 10.2. The van der Waals surface area contributed by atoms with E-state index in [4.69, 9.17) is 21.1 Å². The van der Waals surface area contributed by atoms with Gasteiger partial charge in [0, 0.05) is 29.4 Å². The summed E-state index contributed by atoms with van der Waals surface area (Å²) in [7, 11) is 3.15. The monoisotopic (exact) mass is 306 g/mol. The van der Waals surface area contributed by atoms with Crippen LogP contribution in [0.3, 0.4) is 0 Å². The summed E-state index contributed by atoms with van der Waals surface area (Å²) in [6.45, 7) is 0.320. The fourth-order valence-corrected chi connectivity index (χ4v) is 1.95. The van der Waals surface area contributed by atoms with Gasteiger partial charge in [-0.1, -0.05) is 11.6 Å². The number of benzene rings is 1. The summed E-state index contributed by atoms with van der Waals surface area (Å²) in [5, 5.41) is 3.24. The van der Waals surface area contributed by atoms with Crippen LogP contribution in [0.5, 0.6) is 11.5 Å². The first-order chi connectivity index (χ1) is 10.1. The Bertz CT molecular complexity index is 647. The second-order valence-electron chi connectivity index (χ2n) is 4.22. The smallest absolute Gasteiger partial charge is 0.270 e. The van der Waals surface area contributed by atoms with Crippen molar-refractivity contribution >= 4 is 17.5 Å². The maximum Gasteiger partial charge on any atom is 0.270 e. The highest BCUT2D eigenvalue weighted by Gasteiger charge is 2.10. The van der Waals surface area contributed by atoms with E-state index < -0.39 is 0 Å². The maximum atomic E-state index is 12.0. The lowest BCUT2D eigenvalue weighted by Gasteiger charge is -2.11. The Labute approximate surface area is 127 Å². The van der Waals surface area contributed by atoms with E-state index in [-0.39, 0.29) is 11.6 Å². The number of carbonyl (C=O) groups excluding carboxylic acids is 1. The molecule has 0 aliphatic rings. The van der Waals surface area contributed by atoms with Crippen molar-refractivity contribution in [3.63, 3.8) is 0 Å². The van der Waals surface area contributed by atoms with Gasteiger partial charge < -0.3 is 14.8 Å². The SMILES string of the molecule is COc1ccc(CNC(=O)c2cc(Cl)ccn2)c(OC)c1. The minimum atomic E-state index is -0.296. The van der Waals surface area contributed by atoms with Crippen LogP contribution in [0.2, 0.25) is 5.02 Å². The van der Waals surface area contributed by atoms with Gasteiger partial charge in [-0.15, -0.1) is 0 Å². The summed E-state index contributed by atoms with van der Waals surface area (Å²) < 4.78 is 10.4. The van der Waals surface area contributed by atoms with Crippen LogP contribution in [0.4, 0.5) is 0 Å². The van der Waals surface area contributed by atoms with Crippen LogP contribution >= 0.6 is 11.6 Å². The molecule has 5 nitrogen and oxygen atoms in total. The third-order valence-corrected chi connectivity index (χ3v) is 3.12. The van der Waals surface area contributed by atoms with Gasteiger partial charge in [0.1, 0.15) is 17.2 Å². The Morgan fingerprint density at radius 3 is 2.71 bits per heavy atom. The van der Waals surface area contributed by atoms with Gasteiger partial charge >= 0.3 is 0 Å². The summed E-state index contributed by atoms with van der Waals surface area (Å²) in [4.78, 5) is 16.0. The first-order valence-corrected chi connectivity index (χ1v) is 6.62. The molecule has 0 unspecified atom stereocenters. The molecule has 0 radical (unpaired) electrons. The Hall–Kier alpha value is -2.27. The molecule has 110 valence electrons. The first-order valence-electron chi connectivity index (χ1n) is 6.24. The van der Waals surface area contributed by atoms with E-state index in [9.17, 15) is 4.79 Å². The number of methoxy groups -OCH3 is 2. The highest BCUT2D eigenvalue weighted by Crippen LogP contribution is 2.24. The molecule has 6 heteroatoms. The van der Waals surface area contributed by atoms with Crippen LogP contribution in [-0.4, -0.2) is 25.1 Å². The Balaban J connectivity index is 2.07. The molecule has 1 amide bonds. The van der Waals surface area contributed by atoms with Crippen molar-refractivity contribution < 1.29 is 14.3 Å². The van der Waals surface area contributed by atoms with E-state index in [0.717, 1.165) is 5.56 Å². The van der Waals surface area contributed by atoms with Gasteiger partial charge in [-0.05, 0) is 24.3 Å². The third-order valence-electron chi connectivity index (χ3n) is 2.89. The van der Waals surface area contributed by atoms with Crippen molar-refractivity contribution in [3.8, 4) is 11.5 Å². The van der Waals surface area contributed by atoms with Crippen molar-refractivity contribution in [2.45, 2.75) is 6.54 Å². The minimum absolute atomic E-state index is 0.273. The molecule has 0 spiro atoms. The lowest BCUT2D eigenvalue weighted by molar-refractivity contribution is 0.0945. The predicted octanol–water partition coefficient (Wildman–Crippen LogP) is 2.68. The number of halogens is 1. The molecule has 1 heterocycles. The number of hydrogen-bond donors (Lipinski definition) is 1. The van der Waals surface area contributed by atoms with Crippen LogP contribution in [0.25, 0.3) is 0 Å². The maximum absolute atomic E-state index is 12.0. The molecular formula is C15H15ClN2O3. The van der Waals surface area contributed by atoms with E-state index in [2.05, 4.69) is 10.3 Å². The minimum Gasteiger partial charge on any atom is -0.497 e. The van der Waals surface area contributed by atoms with Crippen LogP contribution in [0.15, 0.2) is 36.5 Å². The Morgan fingerprint density at radius 2 is 2.05 bits per heavy atom. The zero-order valence-corrected chi connectivity index (χ0v) is 12.5. The summed E-state index contributed by atoms with van der Waals surface area (Å²) >= 11 is 5.83. The van der Waals surface area contributed by atoms with Gasteiger partial charge in [-0.3, -0.25) is 9.78 Å². The average molecular weight is 307 g/mol. The molecule has 0 saturated carbocycles. The number of hydrogen-bond acceptors (Lipinski definition) is 4. The summed E-state index contributed by atoms with van der Waals surface area (Å²) in [6, 6.07) is 8.54. The largest absolute Gasteiger partial charge is 0.497 e. The van der Waals surface area contributed by atoms with Crippen LogP contribution in [-0.2, 0) is 6.54 Å². The van der Waals surface area contributed by atoms with Crippen molar-refractivity contribution in [3.05, 3.63) is 52.8 Å². The van der Waals surface area contributed by atoms with Crippen LogP contribution in [0.1, 0.15) is 16.1 Å².